The fraction of sp³-hybridized carbons (Fsp3) is 0.857. The second-order valence-corrected chi connectivity index (χ2v) is 5.04. The predicted molar refractivity (Wildman–Crippen MR) is 75.5 cm³/mol. The molecule has 0 aliphatic carbocycles. The zero-order valence-corrected chi connectivity index (χ0v) is 13.9. The second kappa shape index (κ2) is 9.14. The van der Waals surface area contributed by atoms with Gasteiger partial charge < -0.3 is 33.5 Å². The van der Waals surface area contributed by atoms with Gasteiger partial charge >= 0.3 is 11.9 Å². The predicted octanol–water partition coefficient (Wildman–Crippen LogP) is -0.757. The van der Waals surface area contributed by atoms with Crippen molar-refractivity contribution in [2.24, 2.45) is 0 Å². The minimum absolute atomic E-state index is 0.130. The van der Waals surface area contributed by atoms with Gasteiger partial charge in [-0.05, 0) is 0 Å². The van der Waals surface area contributed by atoms with E-state index in [9.17, 15) is 14.7 Å². The monoisotopic (exact) mass is 336 g/mol. The highest BCUT2D eigenvalue weighted by Crippen LogP contribution is 2.29. The van der Waals surface area contributed by atoms with E-state index in [0.717, 1.165) is 0 Å². The van der Waals surface area contributed by atoms with Crippen LogP contribution in [0.5, 0.6) is 0 Å². The van der Waals surface area contributed by atoms with Crippen LogP contribution >= 0.6 is 0 Å². The third-order valence-electron chi connectivity index (χ3n) is 3.52. The molecule has 1 saturated heterocycles. The lowest BCUT2D eigenvalue weighted by molar-refractivity contribution is -0.310. The molecule has 6 atom stereocenters. The molecule has 134 valence electrons. The lowest BCUT2D eigenvalue weighted by atomic mass is 9.94. The Balaban J connectivity index is 3.03. The number of carbonyl (C=O) groups excluding carboxylic acids is 2. The van der Waals surface area contributed by atoms with Crippen LogP contribution in [0.25, 0.3) is 0 Å². The molecule has 1 rings (SSSR count). The number of rotatable bonds is 7. The summed E-state index contributed by atoms with van der Waals surface area (Å²) in [4.78, 5) is 22.4. The summed E-state index contributed by atoms with van der Waals surface area (Å²) in [6, 6.07) is 0. The first kappa shape index (κ1) is 19.8. The topological polar surface area (TPSA) is 110 Å². The third-order valence-corrected chi connectivity index (χ3v) is 3.52. The van der Waals surface area contributed by atoms with Crippen LogP contribution in [0, 0.1) is 0 Å². The van der Waals surface area contributed by atoms with Gasteiger partial charge in [0.05, 0.1) is 0 Å². The van der Waals surface area contributed by atoms with Crippen LogP contribution in [0.15, 0.2) is 0 Å². The molecule has 9 nitrogen and oxygen atoms in total. The van der Waals surface area contributed by atoms with Crippen molar-refractivity contribution in [2.45, 2.75) is 50.7 Å². The van der Waals surface area contributed by atoms with Gasteiger partial charge in [-0.1, -0.05) is 0 Å². The number of aliphatic hydroxyl groups excluding tert-OH is 1. The molecule has 0 aromatic rings. The maximum Gasteiger partial charge on any atom is 0.303 e. The first-order valence-electron chi connectivity index (χ1n) is 7.08. The lowest BCUT2D eigenvalue weighted by Gasteiger charge is -2.44. The van der Waals surface area contributed by atoms with Crippen molar-refractivity contribution in [3.63, 3.8) is 0 Å². The standard InChI is InChI=1S/C14H24O9/c1-7(15)21-6-9(18-3)10-12(22-8(2)16)11(19-4)13(20-5)14(17)23-10/h9-14,17H,6H2,1-5H3/t9-,10-,11+,12-,13-,14-/m1/s1. The SMILES string of the molecule is CO[C@H]1[C@H](OC(C)=O)[C@@H]([C@@H](COC(C)=O)OC)O[C@@H](O)[C@@H]1OC. The molecule has 0 aromatic heterocycles. The zero-order chi connectivity index (χ0) is 17.6. The molecule has 1 heterocycles. The van der Waals surface area contributed by atoms with Crippen LogP contribution in [0.1, 0.15) is 13.8 Å². The van der Waals surface area contributed by atoms with Gasteiger partial charge in [0.15, 0.2) is 12.4 Å². The van der Waals surface area contributed by atoms with Crippen LogP contribution < -0.4 is 0 Å². The van der Waals surface area contributed by atoms with E-state index < -0.39 is 48.7 Å². The van der Waals surface area contributed by atoms with Crippen molar-refractivity contribution < 1.29 is 43.1 Å². The van der Waals surface area contributed by atoms with Gasteiger partial charge in [0.1, 0.15) is 31.0 Å². The Bertz CT molecular complexity index is 400. The van der Waals surface area contributed by atoms with Crippen LogP contribution in [-0.4, -0.2) is 81.8 Å². The highest BCUT2D eigenvalue weighted by molar-refractivity contribution is 5.66. The van der Waals surface area contributed by atoms with Gasteiger partial charge in [-0.3, -0.25) is 9.59 Å². The molecular weight excluding hydrogens is 312 g/mol. The number of hydrogen-bond acceptors (Lipinski definition) is 9. The first-order chi connectivity index (χ1) is 10.8. The molecule has 0 amide bonds. The minimum atomic E-state index is -1.32. The van der Waals surface area contributed by atoms with Crippen molar-refractivity contribution in [1.29, 1.82) is 0 Å². The second-order valence-electron chi connectivity index (χ2n) is 5.04. The Hall–Kier alpha value is -1.26. The molecular formula is C14H24O9. The van der Waals surface area contributed by atoms with Crippen LogP contribution in [-0.2, 0) is 38.0 Å². The largest absolute Gasteiger partial charge is 0.463 e. The molecule has 1 aliphatic rings. The maximum atomic E-state index is 11.4. The van der Waals surface area contributed by atoms with Gasteiger partial charge in [-0.15, -0.1) is 0 Å². The average molecular weight is 336 g/mol. The van der Waals surface area contributed by atoms with E-state index in [1.807, 2.05) is 0 Å². The summed E-state index contributed by atoms with van der Waals surface area (Å²) in [7, 11) is 4.16. The van der Waals surface area contributed by atoms with Crippen molar-refractivity contribution in [2.75, 3.05) is 27.9 Å². The number of aliphatic hydroxyl groups is 1. The summed E-state index contributed by atoms with van der Waals surface area (Å²) < 4.78 is 31.4. The Kier molecular flexibility index (Phi) is 7.86. The van der Waals surface area contributed by atoms with Gasteiger partial charge in [-0.2, -0.15) is 0 Å². The van der Waals surface area contributed by atoms with Crippen LogP contribution in [0.3, 0.4) is 0 Å². The van der Waals surface area contributed by atoms with Crippen LogP contribution in [0.2, 0.25) is 0 Å². The van der Waals surface area contributed by atoms with Gasteiger partial charge in [0.2, 0.25) is 0 Å². The summed E-state index contributed by atoms with van der Waals surface area (Å²) in [6.45, 7) is 2.37. The van der Waals surface area contributed by atoms with E-state index in [1.54, 1.807) is 0 Å². The quantitative estimate of drug-likeness (QED) is 0.600. The number of carbonyl (C=O) groups is 2. The molecule has 0 bridgehead atoms. The molecule has 1 aliphatic heterocycles. The number of methoxy groups -OCH3 is 3. The molecule has 0 radical (unpaired) electrons. The number of ether oxygens (including phenoxy) is 6. The fourth-order valence-corrected chi connectivity index (χ4v) is 2.49. The summed E-state index contributed by atoms with van der Waals surface area (Å²) in [5.74, 6) is -1.05. The first-order valence-corrected chi connectivity index (χ1v) is 7.08. The van der Waals surface area contributed by atoms with E-state index in [2.05, 4.69) is 0 Å². The molecule has 9 heteroatoms. The van der Waals surface area contributed by atoms with E-state index >= 15 is 0 Å². The molecule has 23 heavy (non-hydrogen) atoms. The van der Waals surface area contributed by atoms with E-state index in [4.69, 9.17) is 28.4 Å². The highest BCUT2D eigenvalue weighted by Gasteiger charge is 2.51. The minimum Gasteiger partial charge on any atom is -0.463 e. The Labute approximate surface area is 134 Å². The van der Waals surface area contributed by atoms with Crippen molar-refractivity contribution in [1.82, 2.24) is 0 Å². The molecule has 1 N–H and O–H groups in total. The van der Waals surface area contributed by atoms with E-state index in [-0.39, 0.29) is 6.61 Å². The van der Waals surface area contributed by atoms with Gasteiger partial charge in [0.25, 0.3) is 0 Å². The maximum absolute atomic E-state index is 11.4. The van der Waals surface area contributed by atoms with Gasteiger partial charge in [-0.25, -0.2) is 0 Å². The van der Waals surface area contributed by atoms with Gasteiger partial charge in [0, 0.05) is 35.2 Å². The molecule has 1 fully saturated rings. The summed E-state index contributed by atoms with van der Waals surface area (Å²) in [5, 5.41) is 10.1. The average Bonchev–Trinajstić information content (AvgIpc) is 2.48. The summed E-state index contributed by atoms with van der Waals surface area (Å²) >= 11 is 0. The highest BCUT2D eigenvalue weighted by atomic mass is 16.7. The van der Waals surface area contributed by atoms with Crippen molar-refractivity contribution >= 4 is 11.9 Å². The molecule has 0 saturated carbocycles. The number of hydrogen-bond donors (Lipinski definition) is 1. The van der Waals surface area contributed by atoms with Crippen molar-refractivity contribution in [3.8, 4) is 0 Å². The number of esters is 2. The normalized spacial score (nSPS) is 32.2. The summed E-state index contributed by atoms with van der Waals surface area (Å²) in [6.07, 6.45) is -5.55. The summed E-state index contributed by atoms with van der Waals surface area (Å²) in [5.41, 5.74) is 0. The Morgan fingerprint density at radius 2 is 1.65 bits per heavy atom. The Morgan fingerprint density at radius 3 is 2.09 bits per heavy atom. The lowest BCUT2D eigenvalue weighted by Crippen LogP contribution is -2.63. The van der Waals surface area contributed by atoms with E-state index in [1.165, 1.54) is 35.2 Å². The zero-order valence-electron chi connectivity index (χ0n) is 13.9. The molecule has 0 unspecified atom stereocenters. The van der Waals surface area contributed by atoms with Crippen LogP contribution in [0.4, 0.5) is 0 Å². The third kappa shape index (κ3) is 5.11. The van der Waals surface area contributed by atoms with Crippen molar-refractivity contribution in [3.05, 3.63) is 0 Å². The Morgan fingerprint density at radius 1 is 1.04 bits per heavy atom. The molecule has 0 spiro atoms. The smallest absolute Gasteiger partial charge is 0.303 e. The molecule has 0 aromatic carbocycles. The van der Waals surface area contributed by atoms with E-state index in [0.29, 0.717) is 0 Å². The fourth-order valence-electron chi connectivity index (χ4n) is 2.49.